The summed E-state index contributed by atoms with van der Waals surface area (Å²) < 4.78 is 0. The number of nitrogens with two attached hydrogens (primary N) is 1. The molecule has 0 bridgehead atoms. The first kappa shape index (κ1) is 9.85. The Kier molecular flexibility index (Phi) is 2.76. The molecule has 0 aromatic rings. The summed E-state index contributed by atoms with van der Waals surface area (Å²) in [5, 5.41) is 0. The number of hydrogen-bond donors (Lipinski definition) is 1. The van der Waals surface area contributed by atoms with Gasteiger partial charge >= 0.3 is 0 Å². The van der Waals surface area contributed by atoms with Crippen LogP contribution in [0.5, 0.6) is 0 Å². The quantitative estimate of drug-likeness (QED) is 0.641. The molecule has 0 unspecified atom stereocenters. The van der Waals surface area contributed by atoms with E-state index < -0.39 is 0 Å². The monoisotopic (exact) mass is 175 g/mol. The van der Waals surface area contributed by atoms with Crippen molar-refractivity contribution in [2.45, 2.75) is 20.3 Å². The van der Waals surface area contributed by atoms with Gasteiger partial charge in [-0.25, -0.2) is 0 Å². The minimum Gasteiger partial charge on any atom is -0.399 e. The van der Waals surface area contributed by atoms with Crippen molar-refractivity contribution in [2.24, 2.45) is 11.1 Å². The van der Waals surface area contributed by atoms with Gasteiger partial charge in [0, 0.05) is 11.1 Å². The van der Waals surface area contributed by atoms with Gasteiger partial charge in [0.2, 0.25) is 0 Å². The smallest absolute Gasteiger partial charge is 0.0240 e. The highest BCUT2D eigenvalue weighted by atomic mass is 14.5. The molecule has 2 N–H and O–H groups in total. The fourth-order valence-electron chi connectivity index (χ4n) is 1.46. The van der Waals surface area contributed by atoms with Crippen LogP contribution in [0.15, 0.2) is 48.2 Å². The molecule has 0 fully saturated rings. The molecule has 1 heteroatoms. The van der Waals surface area contributed by atoms with Gasteiger partial charge in [-0.15, -0.1) is 0 Å². The molecule has 0 radical (unpaired) electrons. The van der Waals surface area contributed by atoms with Gasteiger partial charge in [-0.1, -0.05) is 43.4 Å². The second kappa shape index (κ2) is 3.65. The standard InChI is InChI=1S/C12H17N/c1-10(9-11(2)13)12(3)7-5-4-6-8-12/h4-7,9H,2,8,13H2,1,3H3/b10-9+/t12-/m1/s1. The fourth-order valence-corrected chi connectivity index (χ4v) is 1.46. The van der Waals surface area contributed by atoms with Gasteiger partial charge in [0.15, 0.2) is 0 Å². The summed E-state index contributed by atoms with van der Waals surface area (Å²) in [4.78, 5) is 0. The molecule has 0 saturated carbocycles. The van der Waals surface area contributed by atoms with Gasteiger partial charge < -0.3 is 5.73 Å². The van der Waals surface area contributed by atoms with Crippen molar-refractivity contribution >= 4 is 0 Å². The summed E-state index contributed by atoms with van der Waals surface area (Å²) in [5.74, 6) is 0. The van der Waals surface area contributed by atoms with Gasteiger partial charge in [-0.2, -0.15) is 0 Å². The van der Waals surface area contributed by atoms with Crippen LogP contribution >= 0.6 is 0 Å². The molecule has 0 amide bonds. The van der Waals surface area contributed by atoms with Crippen molar-refractivity contribution in [1.29, 1.82) is 0 Å². The van der Waals surface area contributed by atoms with E-state index in [0.29, 0.717) is 5.70 Å². The lowest BCUT2D eigenvalue weighted by atomic mass is 9.77. The summed E-state index contributed by atoms with van der Waals surface area (Å²) in [5.41, 5.74) is 7.56. The van der Waals surface area contributed by atoms with Crippen molar-refractivity contribution in [2.75, 3.05) is 0 Å². The van der Waals surface area contributed by atoms with E-state index in [0.717, 1.165) is 6.42 Å². The van der Waals surface area contributed by atoms with Crippen molar-refractivity contribution in [3.63, 3.8) is 0 Å². The molecular weight excluding hydrogens is 158 g/mol. The summed E-state index contributed by atoms with van der Waals surface area (Å²) in [6, 6.07) is 0. The van der Waals surface area contributed by atoms with Crippen molar-refractivity contribution in [3.05, 3.63) is 48.2 Å². The molecular formula is C12H17N. The first-order valence-corrected chi connectivity index (χ1v) is 4.52. The van der Waals surface area contributed by atoms with Crippen molar-refractivity contribution in [1.82, 2.24) is 0 Å². The van der Waals surface area contributed by atoms with Crippen LogP contribution < -0.4 is 5.73 Å². The first-order chi connectivity index (χ1) is 6.04. The van der Waals surface area contributed by atoms with Crippen LogP contribution in [0.1, 0.15) is 20.3 Å². The van der Waals surface area contributed by atoms with Crippen LogP contribution in [-0.4, -0.2) is 0 Å². The van der Waals surface area contributed by atoms with Crippen LogP contribution in [0, 0.1) is 5.41 Å². The topological polar surface area (TPSA) is 26.0 Å². The lowest BCUT2D eigenvalue weighted by Crippen LogP contribution is -2.16. The molecule has 0 aliphatic heterocycles. The molecule has 0 aromatic heterocycles. The Balaban J connectivity index is 2.87. The average molecular weight is 175 g/mol. The van der Waals surface area contributed by atoms with Gasteiger partial charge in [-0.3, -0.25) is 0 Å². The zero-order valence-electron chi connectivity index (χ0n) is 8.38. The number of allylic oxidation sites excluding steroid dienone is 6. The zero-order chi connectivity index (χ0) is 9.90. The zero-order valence-corrected chi connectivity index (χ0v) is 8.38. The van der Waals surface area contributed by atoms with Crippen LogP contribution in [0.4, 0.5) is 0 Å². The lowest BCUT2D eigenvalue weighted by molar-refractivity contribution is 0.517. The highest BCUT2D eigenvalue weighted by molar-refractivity contribution is 5.30. The third kappa shape index (κ3) is 2.35. The molecule has 0 saturated heterocycles. The van der Waals surface area contributed by atoms with E-state index in [1.807, 2.05) is 6.08 Å². The van der Waals surface area contributed by atoms with Crippen molar-refractivity contribution in [3.8, 4) is 0 Å². The molecule has 1 atom stereocenters. The van der Waals surface area contributed by atoms with Crippen LogP contribution in [0.3, 0.4) is 0 Å². The van der Waals surface area contributed by atoms with Crippen LogP contribution in [0.2, 0.25) is 0 Å². The minimum atomic E-state index is 0.122. The van der Waals surface area contributed by atoms with E-state index in [1.54, 1.807) is 0 Å². The Bertz CT molecular complexity index is 294. The maximum atomic E-state index is 5.55. The third-order valence-electron chi connectivity index (χ3n) is 2.56. The van der Waals surface area contributed by atoms with E-state index in [4.69, 9.17) is 5.73 Å². The molecule has 1 nitrogen and oxygen atoms in total. The molecule has 1 aliphatic carbocycles. The predicted molar refractivity (Wildman–Crippen MR) is 58.1 cm³/mol. The highest BCUT2D eigenvalue weighted by Crippen LogP contribution is 2.35. The van der Waals surface area contributed by atoms with E-state index in [-0.39, 0.29) is 5.41 Å². The van der Waals surface area contributed by atoms with Gasteiger partial charge in [0.25, 0.3) is 0 Å². The Labute approximate surface area is 80.3 Å². The highest BCUT2D eigenvalue weighted by Gasteiger charge is 2.22. The summed E-state index contributed by atoms with van der Waals surface area (Å²) in [6.45, 7) is 7.99. The minimum absolute atomic E-state index is 0.122. The van der Waals surface area contributed by atoms with Gasteiger partial charge in [0.05, 0.1) is 0 Å². The largest absolute Gasteiger partial charge is 0.399 e. The number of rotatable bonds is 2. The van der Waals surface area contributed by atoms with E-state index in [9.17, 15) is 0 Å². The fraction of sp³-hybridized carbons (Fsp3) is 0.333. The molecule has 0 spiro atoms. The Morgan fingerprint density at radius 2 is 2.23 bits per heavy atom. The SMILES string of the molecule is C=C(N)/C=C(\C)[C@]1(C)C=CC=CC1. The van der Waals surface area contributed by atoms with E-state index in [1.165, 1.54) is 5.57 Å². The Hall–Kier alpha value is -1.24. The molecule has 13 heavy (non-hydrogen) atoms. The lowest BCUT2D eigenvalue weighted by Gasteiger charge is -2.27. The Morgan fingerprint density at radius 3 is 2.69 bits per heavy atom. The van der Waals surface area contributed by atoms with Gasteiger partial charge in [0.1, 0.15) is 0 Å². The van der Waals surface area contributed by atoms with Gasteiger partial charge in [-0.05, 0) is 19.4 Å². The predicted octanol–water partition coefficient (Wildman–Crippen LogP) is 2.93. The van der Waals surface area contributed by atoms with Crippen molar-refractivity contribution < 1.29 is 0 Å². The molecule has 0 aromatic carbocycles. The maximum Gasteiger partial charge on any atom is 0.0240 e. The van der Waals surface area contributed by atoms with Crippen LogP contribution in [-0.2, 0) is 0 Å². The second-order valence-electron chi connectivity index (χ2n) is 3.81. The summed E-state index contributed by atoms with van der Waals surface area (Å²) >= 11 is 0. The van der Waals surface area contributed by atoms with Crippen LogP contribution in [0.25, 0.3) is 0 Å². The maximum absolute atomic E-state index is 5.55. The summed E-state index contributed by atoms with van der Waals surface area (Å²) in [6.07, 6.45) is 11.5. The Morgan fingerprint density at radius 1 is 1.54 bits per heavy atom. The first-order valence-electron chi connectivity index (χ1n) is 4.52. The molecule has 1 aliphatic rings. The molecule has 0 heterocycles. The van der Waals surface area contributed by atoms with E-state index in [2.05, 4.69) is 44.7 Å². The average Bonchev–Trinajstić information content (AvgIpc) is 2.04. The third-order valence-corrected chi connectivity index (χ3v) is 2.56. The second-order valence-corrected chi connectivity index (χ2v) is 3.81. The normalized spacial score (nSPS) is 27.7. The number of hydrogen-bond acceptors (Lipinski definition) is 1. The summed E-state index contributed by atoms with van der Waals surface area (Å²) in [7, 11) is 0. The molecule has 1 rings (SSSR count). The van der Waals surface area contributed by atoms with E-state index >= 15 is 0 Å². The molecule has 70 valence electrons.